The second-order valence-electron chi connectivity index (χ2n) is 6.58. The van der Waals surface area contributed by atoms with Crippen molar-refractivity contribution in [2.24, 2.45) is 11.8 Å². The zero-order chi connectivity index (χ0) is 14.4. The van der Waals surface area contributed by atoms with E-state index in [0.29, 0.717) is 0 Å². The Labute approximate surface area is 123 Å². The zero-order valence-electron chi connectivity index (χ0n) is 13.2. The number of methoxy groups -OCH3 is 1. The van der Waals surface area contributed by atoms with Gasteiger partial charge in [0.25, 0.3) is 0 Å². The summed E-state index contributed by atoms with van der Waals surface area (Å²) in [4.78, 5) is 0. The molecule has 1 aromatic carbocycles. The normalized spacial score (nSPS) is 16.4. The number of rotatable bonds is 9. The Morgan fingerprint density at radius 1 is 1.25 bits per heavy atom. The highest BCUT2D eigenvalue weighted by atomic mass is 16.5. The summed E-state index contributed by atoms with van der Waals surface area (Å²) in [6.07, 6.45) is 6.53. The number of hydrogen-bond acceptors (Lipinski definition) is 2. The first-order chi connectivity index (χ1) is 9.67. The summed E-state index contributed by atoms with van der Waals surface area (Å²) in [5.74, 6) is 2.51. The molecule has 2 rings (SSSR count). The fourth-order valence-electron chi connectivity index (χ4n) is 2.60. The molecule has 0 radical (unpaired) electrons. The van der Waals surface area contributed by atoms with Crippen molar-refractivity contribution in [2.75, 3.05) is 13.7 Å². The molecule has 0 spiro atoms. The minimum absolute atomic E-state index is 0.741. The maximum absolute atomic E-state index is 5.33. The van der Waals surface area contributed by atoms with Crippen LogP contribution < -0.4 is 10.1 Å². The smallest absolute Gasteiger partial charge is 0.119 e. The molecule has 0 saturated heterocycles. The quantitative estimate of drug-likeness (QED) is 0.734. The minimum Gasteiger partial charge on any atom is -0.497 e. The molecular weight excluding hydrogens is 246 g/mol. The highest BCUT2D eigenvalue weighted by Gasteiger charge is 2.22. The van der Waals surface area contributed by atoms with Gasteiger partial charge in [0, 0.05) is 6.04 Å². The lowest BCUT2D eigenvalue weighted by molar-refractivity contribution is 0.394. The molecule has 1 aromatic rings. The lowest BCUT2D eigenvalue weighted by atomic mass is 9.91. The number of ether oxygens (including phenoxy) is 1. The average Bonchev–Trinajstić information content (AvgIpc) is 3.26. The van der Waals surface area contributed by atoms with Gasteiger partial charge in [0.2, 0.25) is 0 Å². The van der Waals surface area contributed by atoms with Crippen LogP contribution in [0.25, 0.3) is 0 Å². The van der Waals surface area contributed by atoms with Crippen molar-refractivity contribution in [3.8, 4) is 5.75 Å². The first-order valence-electron chi connectivity index (χ1n) is 8.03. The van der Waals surface area contributed by atoms with Crippen LogP contribution in [0.4, 0.5) is 0 Å². The number of nitrogens with one attached hydrogen (secondary N) is 1. The molecule has 1 fully saturated rings. The SMILES string of the molecule is COc1cccc(CC(CCC(C)C)CNC2CC2)c1. The Balaban J connectivity index is 1.89. The van der Waals surface area contributed by atoms with Crippen molar-refractivity contribution >= 4 is 0 Å². The van der Waals surface area contributed by atoms with Crippen molar-refractivity contribution in [1.29, 1.82) is 0 Å². The summed E-state index contributed by atoms with van der Waals surface area (Å²) >= 11 is 0. The van der Waals surface area contributed by atoms with E-state index in [9.17, 15) is 0 Å². The maximum atomic E-state index is 5.33. The standard InChI is InChI=1S/C18H29NO/c1-14(2)7-8-16(13-19-17-9-10-17)11-15-5-4-6-18(12-15)20-3/h4-6,12,14,16-17,19H,7-11,13H2,1-3H3. The van der Waals surface area contributed by atoms with E-state index in [0.717, 1.165) is 36.6 Å². The van der Waals surface area contributed by atoms with Crippen molar-refractivity contribution in [1.82, 2.24) is 5.32 Å². The van der Waals surface area contributed by atoms with Gasteiger partial charge in [-0.25, -0.2) is 0 Å². The van der Waals surface area contributed by atoms with Gasteiger partial charge >= 0.3 is 0 Å². The molecule has 1 aliphatic carbocycles. The molecule has 1 aliphatic rings. The third kappa shape index (κ3) is 5.54. The Hall–Kier alpha value is -1.02. The lowest BCUT2D eigenvalue weighted by Crippen LogP contribution is -2.26. The van der Waals surface area contributed by atoms with Gasteiger partial charge in [-0.15, -0.1) is 0 Å². The van der Waals surface area contributed by atoms with Crippen LogP contribution in [-0.2, 0) is 6.42 Å². The molecule has 1 atom stereocenters. The fraction of sp³-hybridized carbons (Fsp3) is 0.667. The van der Waals surface area contributed by atoms with E-state index in [4.69, 9.17) is 4.74 Å². The van der Waals surface area contributed by atoms with E-state index in [2.05, 4.69) is 37.4 Å². The van der Waals surface area contributed by atoms with Crippen LogP contribution in [0.5, 0.6) is 5.75 Å². The van der Waals surface area contributed by atoms with Crippen LogP contribution in [-0.4, -0.2) is 19.7 Å². The van der Waals surface area contributed by atoms with Gasteiger partial charge in [0.1, 0.15) is 5.75 Å². The minimum atomic E-state index is 0.741. The third-order valence-electron chi connectivity index (χ3n) is 4.08. The molecule has 0 heterocycles. The topological polar surface area (TPSA) is 21.3 Å². The molecule has 112 valence electrons. The third-order valence-corrected chi connectivity index (χ3v) is 4.08. The molecule has 0 amide bonds. The molecule has 0 bridgehead atoms. The highest BCUT2D eigenvalue weighted by Crippen LogP contribution is 2.23. The summed E-state index contributed by atoms with van der Waals surface area (Å²) in [5, 5.41) is 3.70. The molecule has 1 saturated carbocycles. The predicted molar refractivity (Wildman–Crippen MR) is 85.3 cm³/mol. The Kier molecular flexibility index (Phi) is 5.90. The molecule has 0 aliphatic heterocycles. The van der Waals surface area contributed by atoms with E-state index in [1.165, 1.54) is 31.2 Å². The van der Waals surface area contributed by atoms with Crippen molar-refractivity contribution in [3.05, 3.63) is 29.8 Å². The van der Waals surface area contributed by atoms with Crippen LogP contribution >= 0.6 is 0 Å². The molecular formula is C18H29NO. The largest absolute Gasteiger partial charge is 0.497 e. The van der Waals surface area contributed by atoms with E-state index in [1.807, 2.05) is 6.07 Å². The van der Waals surface area contributed by atoms with Gasteiger partial charge in [-0.1, -0.05) is 32.4 Å². The van der Waals surface area contributed by atoms with Crippen LogP contribution in [0.2, 0.25) is 0 Å². The molecule has 1 unspecified atom stereocenters. The van der Waals surface area contributed by atoms with Gasteiger partial charge in [-0.3, -0.25) is 0 Å². The summed E-state index contributed by atoms with van der Waals surface area (Å²) < 4.78 is 5.33. The Morgan fingerprint density at radius 2 is 2.05 bits per heavy atom. The zero-order valence-corrected chi connectivity index (χ0v) is 13.2. The predicted octanol–water partition coefficient (Wildman–Crippen LogP) is 4.04. The number of hydrogen-bond donors (Lipinski definition) is 1. The van der Waals surface area contributed by atoms with Gasteiger partial charge in [0.05, 0.1) is 7.11 Å². The summed E-state index contributed by atoms with van der Waals surface area (Å²) in [6.45, 7) is 5.79. The number of benzene rings is 1. The molecule has 1 N–H and O–H groups in total. The first-order valence-corrected chi connectivity index (χ1v) is 8.03. The van der Waals surface area contributed by atoms with Gasteiger partial charge in [-0.2, -0.15) is 0 Å². The Bertz CT molecular complexity index is 392. The van der Waals surface area contributed by atoms with E-state index in [-0.39, 0.29) is 0 Å². The lowest BCUT2D eigenvalue weighted by Gasteiger charge is -2.19. The van der Waals surface area contributed by atoms with Crippen LogP contribution in [0.1, 0.15) is 45.1 Å². The van der Waals surface area contributed by atoms with E-state index in [1.54, 1.807) is 7.11 Å². The second kappa shape index (κ2) is 7.68. The second-order valence-corrected chi connectivity index (χ2v) is 6.58. The molecule has 2 heteroatoms. The van der Waals surface area contributed by atoms with Crippen LogP contribution in [0.15, 0.2) is 24.3 Å². The van der Waals surface area contributed by atoms with E-state index >= 15 is 0 Å². The van der Waals surface area contributed by atoms with Gasteiger partial charge in [0.15, 0.2) is 0 Å². The van der Waals surface area contributed by atoms with Gasteiger partial charge in [-0.05, 0) is 61.8 Å². The first kappa shape index (κ1) is 15.4. The maximum Gasteiger partial charge on any atom is 0.119 e. The average molecular weight is 275 g/mol. The Morgan fingerprint density at radius 3 is 2.70 bits per heavy atom. The summed E-state index contributed by atoms with van der Waals surface area (Å²) in [5.41, 5.74) is 1.40. The highest BCUT2D eigenvalue weighted by molar-refractivity contribution is 5.28. The molecule has 0 aromatic heterocycles. The van der Waals surface area contributed by atoms with Gasteiger partial charge < -0.3 is 10.1 Å². The van der Waals surface area contributed by atoms with Crippen molar-refractivity contribution in [2.45, 2.75) is 52.0 Å². The molecule has 20 heavy (non-hydrogen) atoms. The summed E-state index contributed by atoms with van der Waals surface area (Å²) in [6, 6.07) is 9.33. The summed E-state index contributed by atoms with van der Waals surface area (Å²) in [7, 11) is 1.74. The van der Waals surface area contributed by atoms with E-state index < -0.39 is 0 Å². The van der Waals surface area contributed by atoms with Crippen molar-refractivity contribution in [3.63, 3.8) is 0 Å². The molecule has 2 nitrogen and oxygen atoms in total. The monoisotopic (exact) mass is 275 g/mol. The van der Waals surface area contributed by atoms with Crippen LogP contribution in [0, 0.1) is 11.8 Å². The fourth-order valence-corrected chi connectivity index (χ4v) is 2.60. The van der Waals surface area contributed by atoms with Crippen molar-refractivity contribution < 1.29 is 4.74 Å². The van der Waals surface area contributed by atoms with Crippen LogP contribution in [0.3, 0.4) is 0 Å².